The summed E-state index contributed by atoms with van der Waals surface area (Å²) in [6.07, 6.45) is 0. The van der Waals surface area contributed by atoms with Gasteiger partial charge in [0.1, 0.15) is 35.7 Å². The summed E-state index contributed by atoms with van der Waals surface area (Å²) in [5, 5.41) is 20.2. The number of rotatable bonds is 9. The largest absolute Gasteiger partial charge is 0.507 e. The summed E-state index contributed by atoms with van der Waals surface area (Å²) in [7, 11) is 0. The number of ether oxygens (including phenoxy) is 1. The predicted molar refractivity (Wildman–Crippen MR) is 166 cm³/mol. The number of aromatic nitrogens is 2. The lowest BCUT2D eigenvalue weighted by molar-refractivity contribution is -0.132. The second-order valence-electron chi connectivity index (χ2n) is 9.98. The molecule has 6 rings (SSSR count). The van der Waals surface area contributed by atoms with Crippen LogP contribution in [0.15, 0.2) is 105 Å². The number of carbonyl (C=O) groups excluding carboxylic acids is 2. The van der Waals surface area contributed by atoms with Crippen molar-refractivity contribution in [1.82, 2.24) is 10.2 Å². The fourth-order valence-corrected chi connectivity index (χ4v) is 6.60. The smallest absolute Gasteiger partial charge is 0.302 e. The number of anilines is 1. The zero-order valence-corrected chi connectivity index (χ0v) is 25.0. The number of benzene rings is 3. The first-order valence-electron chi connectivity index (χ1n) is 13.5. The SMILES string of the molecule is Cc1ccc(C2C(=C(O)c3ccc(OCc4ccccc4C)cc3)C(=O)C(=O)N2c2nnc(SCc3ccccc3)s2)o1. The molecule has 1 amide bonds. The minimum atomic E-state index is -1.01. The highest BCUT2D eigenvalue weighted by Gasteiger charge is 2.49. The van der Waals surface area contributed by atoms with Crippen LogP contribution in [0.25, 0.3) is 5.76 Å². The maximum atomic E-state index is 13.4. The van der Waals surface area contributed by atoms with Gasteiger partial charge in [-0.3, -0.25) is 14.5 Å². The molecule has 0 saturated carbocycles. The molecule has 0 bridgehead atoms. The number of furan rings is 1. The van der Waals surface area contributed by atoms with Crippen LogP contribution in [0.5, 0.6) is 5.75 Å². The minimum Gasteiger partial charge on any atom is -0.507 e. The Morgan fingerprint density at radius 3 is 2.42 bits per heavy atom. The van der Waals surface area contributed by atoms with Crippen molar-refractivity contribution in [3.63, 3.8) is 0 Å². The van der Waals surface area contributed by atoms with E-state index in [1.807, 2.05) is 61.5 Å². The Kier molecular flexibility index (Phi) is 8.13. The molecule has 10 heteroatoms. The van der Waals surface area contributed by atoms with E-state index in [-0.39, 0.29) is 16.5 Å². The van der Waals surface area contributed by atoms with E-state index >= 15 is 0 Å². The summed E-state index contributed by atoms with van der Waals surface area (Å²) in [5.41, 5.74) is 3.61. The van der Waals surface area contributed by atoms with Crippen LogP contribution in [0.3, 0.4) is 0 Å². The number of hydrogen-bond donors (Lipinski definition) is 1. The van der Waals surface area contributed by atoms with Crippen molar-refractivity contribution in [1.29, 1.82) is 0 Å². The van der Waals surface area contributed by atoms with Gasteiger partial charge in [-0.1, -0.05) is 77.7 Å². The number of aliphatic hydroxyl groups excluding tert-OH is 1. The van der Waals surface area contributed by atoms with E-state index in [1.54, 1.807) is 43.3 Å². The van der Waals surface area contributed by atoms with Crippen molar-refractivity contribution in [3.8, 4) is 5.75 Å². The van der Waals surface area contributed by atoms with Crippen LogP contribution in [0.1, 0.15) is 39.8 Å². The van der Waals surface area contributed by atoms with Gasteiger partial charge in [0.2, 0.25) is 5.13 Å². The normalized spacial score (nSPS) is 16.1. The van der Waals surface area contributed by atoms with Gasteiger partial charge in [-0.25, -0.2) is 0 Å². The first-order valence-corrected chi connectivity index (χ1v) is 15.3. The number of ketones is 1. The van der Waals surface area contributed by atoms with Gasteiger partial charge in [-0.2, -0.15) is 0 Å². The Morgan fingerprint density at radius 2 is 1.70 bits per heavy atom. The second-order valence-corrected chi connectivity index (χ2v) is 12.2. The van der Waals surface area contributed by atoms with Gasteiger partial charge in [0.25, 0.3) is 5.78 Å². The van der Waals surface area contributed by atoms with Crippen molar-refractivity contribution in [2.45, 2.75) is 36.6 Å². The molecule has 1 saturated heterocycles. The first-order chi connectivity index (χ1) is 20.9. The van der Waals surface area contributed by atoms with E-state index in [0.29, 0.717) is 39.5 Å². The number of nitrogens with zero attached hydrogens (tertiary/aromatic N) is 3. The fraction of sp³-hybridized carbons (Fsp3) is 0.152. The zero-order chi connectivity index (χ0) is 29.9. The lowest BCUT2D eigenvalue weighted by atomic mass is 9.99. The van der Waals surface area contributed by atoms with Gasteiger partial charge < -0.3 is 14.3 Å². The second kappa shape index (κ2) is 12.3. The molecule has 0 aliphatic carbocycles. The van der Waals surface area contributed by atoms with Crippen molar-refractivity contribution in [2.75, 3.05) is 4.90 Å². The van der Waals surface area contributed by atoms with Gasteiger partial charge in [0.05, 0.1) is 5.57 Å². The van der Waals surface area contributed by atoms with E-state index < -0.39 is 17.7 Å². The first kappa shape index (κ1) is 28.4. The number of amides is 1. The molecule has 0 spiro atoms. The van der Waals surface area contributed by atoms with Crippen molar-refractivity contribution < 1.29 is 23.8 Å². The quantitative estimate of drug-likeness (QED) is 0.0613. The molecule has 3 heterocycles. The average molecular weight is 610 g/mol. The molecule has 5 aromatic rings. The van der Waals surface area contributed by atoms with E-state index in [2.05, 4.69) is 10.2 Å². The standard InChI is InChI=1S/C33H27N3O5S2/c1-20-8-6-7-11-24(20)18-40-25-15-13-23(14-16-25)29(37)27-28(26-17-12-21(2)41-26)36(31(39)30(27)38)32-34-35-33(43-32)42-19-22-9-4-3-5-10-22/h3-17,28,37H,18-19H2,1-2H3. The van der Waals surface area contributed by atoms with Gasteiger partial charge in [0.15, 0.2) is 4.34 Å². The number of aryl methyl sites for hydroxylation is 2. The average Bonchev–Trinajstić information content (AvgIpc) is 3.74. The summed E-state index contributed by atoms with van der Waals surface area (Å²) < 4.78 is 12.5. The Bertz CT molecular complexity index is 1810. The molecule has 8 nitrogen and oxygen atoms in total. The van der Waals surface area contributed by atoms with Crippen molar-refractivity contribution >= 4 is 45.7 Å². The molecule has 1 atom stereocenters. The lowest BCUT2D eigenvalue weighted by Crippen LogP contribution is -2.29. The molecule has 3 aromatic carbocycles. The Hall–Kier alpha value is -4.67. The van der Waals surface area contributed by atoms with Crippen molar-refractivity contribution in [3.05, 3.63) is 130 Å². The lowest BCUT2D eigenvalue weighted by Gasteiger charge is -2.20. The van der Waals surface area contributed by atoms with Crippen LogP contribution in [-0.4, -0.2) is 27.0 Å². The highest BCUT2D eigenvalue weighted by atomic mass is 32.2. The van der Waals surface area contributed by atoms with Crippen LogP contribution in [-0.2, 0) is 21.9 Å². The van der Waals surface area contributed by atoms with Gasteiger partial charge in [-0.05, 0) is 66.9 Å². The number of hydrogen-bond acceptors (Lipinski definition) is 9. The van der Waals surface area contributed by atoms with Crippen LogP contribution >= 0.6 is 23.1 Å². The Balaban J connectivity index is 1.29. The van der Waals surface area contributed by atoms with Crippen LogP contribution in [0, 0.1) is 13.8 Å². The molecule has 1 fully saturated rings. The van der Waals surface area contributed by atoms with Crippen LogP contribution in [0.2, 0.25) is 0 Å². The Morgan fingerprint density at radius 1 is 0.953 bits per heavy atom. The van der Waals surface area contributed by atoms with Crippen LogP contribution in [0.4, 0.5) is 5.13 Å². The summed E-state index contributed by atoms with van der Waals surface area (Å²) in [6.45, 7) is 4.20. The predicted octanol–water partition coefficient (Wildman–Crippen LogP) is 7.25. The van der Waals surface area contributed by atoms with E-state index in [0.717, 1.165) is 16.7 Å². The van der Waals surface area contributed by atoms with E-state index in [4.69, 9.17) is 9.15 Å². The van der Waals surface area contributed by atoms with Gasteiger partial charge in [0, 0.05) is 11.3 Å². The van der Waals surface area contributed by atoms with Gasteiger partial charge >= 0.3 is 5.91 Å². The van der Waals surface area contributed by atoms with E-state index in [1.165, 1.54) is 28.0 Å². The number of aliphatic hydroxyl groups is 1. The zero-order valence-electron chi connectivity index (χ0n) is 23.4. The molecular formula is C33H27N3O5S2. The van der Waals surface area contributed by atoms with E-state index in [9.17, 15) is 14.7 Å². The number of carbonyl (C=O) groups is 2. The molecule has 43 heavy (non-hydrogen) atoms. The highest BCUT2D eigenvalue weighted by Crippen LogP contribution is 2.44. The number of Topliss-reactive ketones (excluding diaryl/α,β-unsaturated/α-hetero) is 1. The van der Waals surface area contributed by atoms with Gasteiger partial charge in [-0.15, -0.1) is 10.2 Å². The summed E-state index contributed by atoms with van der Waals surface area (Å²) >= 11 is 2.70. The van der Waals surface area contributed by atoms with Crippen molar-refractivity contribution in [2.24, 2.45) is 0 Å². The van der Waals surface area contributed by atoms with Crippen LogP contribution < -0.4 is 9.64 Å². The molecule has 1 aliphatic heterocycles. The topological polar surface area (TPSA) is 106 Å². The maximum Gasteiger partial charge on any atom is 0.302 e. The molecular weight excluding hydrogens is 583 g/mol. The third kappa shape index (κ3) is 5.97. The fourth-order valence-electron chi connectivity index (χ4n) is 4.77. The molecule has 216 valence electrons. The Labute approximate surface area is 256 Å². The number of thioether (sulfide) groups is 1. The molecule has 2 aromatic heterocycles. The summed E-state index contributed by atoms with van der Waals surface area (Å²) in [5.74, 6) is 0.276. The summed E-state index contributed by atoms with van der Waals surface area (Å²) in [4.78, 5) is 28.1. The molecule has 1 unspecified atom stereocenters. The minimum absolute atomic E-state index is 0.0818. The third-order valence-electron chi connectivity index (χ3n) is 7.07. The maximum absolute atomic E-state index is 13.4. The highest BCUT2D eigenvalue weighted by molar-refractivity contribution is 8.00. The summed E-state index contributed by atoms with van der Waals surface area (Å²) in [6, 6.07) is 27.1. The molecule has 0 radical (unpaired) electrons. The molecule has 1 N–H and O–H groups in total. The monoisotopic (exact) mass is 609 g/mol. The molecule has 1 aliphatic rings. The third-order valence-corrected chi connectivity index (χ3v) is 9.19.